The number of carbonyl (C=O) groups excluding carboxylic acids is 3. The third kappa shape index (κ3) is 6.33. The van der Waals surface area contributed by atoms with Crippen LogP contribution in [-0.4, -0.2) is 38.2 Å². The fourth-order valence-electron chi connectivity index (χ4n) is 2.69. The lowest BCUT2D eigenvalue weighted by atomic mass is 10.2. The monoisotopic (exact) mass is 481 g/mol. The highest BCUT2D eigenvalue weighted by Gasteiger charge is 2.15. The molecule has 0 aliphatic carbocycles. The third-order valence-corrected chi connectivity index (χ3v) is 4.75. The van der Waals surface area contributed by atoms with Crippen molar-refractivity contribution in [1.82, 2.24) is 5.43 Å². The quantitative estimate of drug-likeness (QED) is 0.175. The summed E-state index contributed by atoms with van der Waals surface area (Å²) in [6, 6.07) is 17.6. The minimum atomic E-state index is -0.979. The number of hydrogen-bond donors (Lipinski definition) is 2. The highest BCUT2D eigenvalue weighted by Crippen LogP contribution is 2.28. The number of amides is 2. The van der Waals surface area contributed by atoms with Crippen molar-refractivity contribution in [3.63, 3.8) is 0 Å². The molecule has 9 nitrogen and oxygen atoms in total. The van der Waals surface area contributed by atoms with Crippen molar-refractivity contribution in [2.75, 3.05) is 19.5 Å². The predicted molar refractivity (Wildman–Crippen MR) is 127 cm³/mol. The first-order chi connectivity index (χ1) is 16.4. The predicted octanol–water partition coefficient (Wildman–Crippen LogP) is 3.67. The number of anilines is 1. The second-order valence-corrected chi connectivity index (χ2v) is 7.07. The number of esters is 1. The Bertz CT molecular complexity index is 1230. The fraction of sp³-hybridized carbons (Fsp3) is 0.0833. The molecular weight excluding hydrogens is 462 g/mol. The zero-order valence-electron chi connectivity index (χ0n) is 18.2. The Morgan fingerprint density at radius 3 is 2.29 bits per heavy atom. The molecule has 3 aromatic carbocycles. The molecule has 34 heavy (non-hydrogen) atoms. The number of ether oxygens (including phenoxy) is 3. The molecular formula is C24H20ClN3O6. The summed E-state index contributed by atoms with van der Waals surface area (Å²) in [5.74, 6) is -1.39. The SMILES string of the molecule is COc1ccc(C(=O)Oc2ccc(/C=N\NC(=O)C(=O)Nc3ccccc3Cl)cc2OC)cc1. The molecule has 0 saturated heterocycles. The fourth-order valence-corrected chi connectivity index (χ4v) is 2.88. The van der Waals surface area contributed by atoms with Gasteiger partial charge in [-0.3, -0.25) is 9.59 Å². The van der Waals surface area contributed by atoms with Gasteiger partial charge in [0.25, 0.3) is 0 Å². The summed E-state index contributed by atoms with van der Waals surface area (Å²) in [4.78, 5) is 36.3. The van der Waals surface area contributed by atoms with Crippen LogP contribution >= 0.6 is 11.6 Å². The topological polar surface area (TPSA) is 115 Å². The van der Waals surface area contributed by atoms with E-state index in [-0.39, 0.29) is 11.5 Å². The number of nitrogens with zero attached hydrogens (tertiary/aromatic N) is 1. The Morgan fingerprint density at radius 1 is 0.882 bits per heavy atom. The van der Waals surface area contributed by atoms with Crippen LogP contribution in [0.2, 0.25) is 5.02 Å². The van der Waals surface area contributed by atoms with Crippen LogP contribution in [0.5, 0.6) is 17.2 Å². The molecule has 3 rings (SSSR count). The second-order valence-electron chi connectivity index (χ2n) is 6.66. The number of rotatable bonds is 7. The van der Waals surface area contributed by atoms with Gasteiger partial charge in [-0.05, 0) is 60.2 Å². The highest BCUT2D eigenvalue weighted by molar-refractivity contribution is 6.41. The van der Waals surface area contributed by atoms with Crippen molar-refractivity contribution >= 4 is 41.3 Å². The van der Waals surface area contributed by atoms with E-state index in [1.807, 2.05) is 0 Å². The van der Waals surface area contributed by atoms with E-state index in [9.17, 15) is 14.4 Å². The van der Waals surface area contributed by atoms with E-state index in [2.05, 4.69) is 15.8 Å². The average Bonchev–Trinajstić information content (AvgIpc) is 2.86. The minimum Gasteiger partial charge on any atom is -0.497 e. The van der Waals surface area contributed by atoms with Gasteiger partial charge in [-0.25, -0.2) is 10.2 Å². The van der Waals surface area contributed by atoms with Gasteiger partial charge in [-0.15, -0.1) is 0 Å². The van der Waals surface area contributed by atoms with E-state index in [1.54, 1.807) is 60.7 Å². The molecule has 0 heterocycles. The first-order valence-electron chi connectivity index (χ1n) is 9.84. The zero-order valence-corrected chi connectivity index (χ0v) is 19.0. The van der Waals surface area contributed by atoms with Crippen LogP contribution in [0.15, 0.2) is 71.8 Å². The van der Waals surface area contributed by atoms with Gasteiger partial charge >= 0.3 is 17.8 Å². The molecule has 0 atom stereocenters. The van der Waals surface area contributed by atoms with Gasteiger partial charge in [-0.2, -0.15) is 5.10 Å². The summed E-state index contributed by atoms with van der Waals surface area (Å²) in [5.41, 5.74) is 3.29. The Balaban J connectivity index is 1.61. The van der Waals surface area contributed by atoms with Crippen molar-refractivity contribution in [3.05, 3.63) is 82.9 Å². The Kier molecular flexibility index (Phi) is 8.20. The van der Waals surface area contributed by atoms with E-state index >= 15 is 0 Å². The van der Waals surface area contributed by atoms with Crippen molar-refractivity contribution in [2.45, 2.75) is 0 Å². The van der Waals surface area contributed by atoms with Gasteiger partial charge in [0.2, 0.25) is 0 Å². The maximum Gasteiger partial charge on any atom is 0.343 e. The Hall–Kier alpha value is -4.37. The van der Waals surface area contributed by atoms with E-state index in [1.165, 1.54) is 26.5 Å². The van der Waals surface area contributed by atoms with Crippen LogP contribution in [0.25, 0.3) is 0 Å². The van der Waals surface area contributed by atoms with Gasteiger partial charge in [0.15, 0.2) is 11.5 Å². The number of para-hydroxylation sites is 1. The standard InChI is InChI=1S/C24H20ClN3O6/c1-32-17-10-8-16(9-11-17)24(31)34-20-12-7-15(13-21(20)33-2)14-26-28-23(30)22(29)27-19-6-4-3-5-18(19)25/h3-14H,1-2H3,(H,27,29)(H,28,30)/b26-14-. The first-order valence-corrected chi connectivity index (χ1v) is 10.2. The van der Waals surface area contributed by atoms with Crippen molar-refractivity contribution in [3.8, 4) is 17.2 Å². The number of carbonyl (C=O) groups is 3. The van der Waals surface area contributed by atoms with Crippen LogP contribution in [0.4, 0.5) is 5.69 Å². The number of hydrazone groups is 1. The van der Waals surface area contributed by atoms with E-state index < -0.39 is 17.8 Å². The highest BCUT2D eigenvalue weighted by atomic mass is 35.5. The summed E-state index contributed by atoms with van der Waals surface area (Å²) in [6.45, 7) is 0. The number of halogens is 1. The normalized spacial score (nSPS) is 10.4. The smallest absolute Gasteiger partial charge is 0.343 e. The van der Waals surface area contributed by atoms with E-state index in [0.717, 1.165) is 0 Å². The molecule has 0 saturated carbocycles. The van der Waals surface area contributed by atoms with Gasteiger partial charge in [0.1, 0.15) is 5.75 Å². The van der Waals surface area contributed by atoms with Crippen molar-refractivity contribution < 1.29 is 28.6 Å². The summed E-state index contributed by atoms with van der Waals surface area (Å²) < 4.78 is 15.8. The lowest BCUT2D eigenvalue weighted by molar-refractivity contribution is -0.136. The molecule has 0 unspecified atom stereocenters. The van der Waals surface area contributed by atoms with Crippen LogP contribution in [-0.2, 0) is 9.59 Å². The maximum absolute atomic E-state index is 12.4. The summed E-state index contributed by atoms with van der Waals surface area (Å²) >= 11 is 5.95. The summed E-state index contributed by atoms with van der Waals surface area (Å²) in [6.07, 6.45) is 1.30. The average molecular weight is 482 g/mol. The largest absolute Gasteiger partial charge is 0.497 e. The number of methoxy groups -OCH3 is 2. The molecule has 0 aliphatic heterocycles. The molecule has 174 valence electrons. The van der Waals surface area contributed by atoms with Crippen LogP contribution in [0.3, 0.4) is 0 Å². The van der Waals surface area contributed by atoms with Crippen molar-refractivity contribution in [2.24, 2.45) is 5.10 Å². The molecule has 3 aromatic rings. The van der Waals surface area contributed by atoms with Gasteiger partial charge in [0.05, 0.1) is 36.7 Å². The van der Waals surface area contributed by atoms with E-state index in [0.29, 0.717) is 27.6 Å². The zero-order chi connectivity index (χ0) is 24.5. The second kappa shape index (κ2) is 11.5. The Labute approximate surface area is 200 Å². The lowest BCUT2D eigenvalue weighted by Gasteiger charge is -2.10. The van der Waals surface area contributed by atoms with Crippen LogP contribution in [0, 0.1) is 0 Å². The molecule has 0 aliphatic rings. The molecule has 0 bridgehead atoms. The molecule has 0 radical (unpaired) electrons. The number of hydrogen-bond acceptors (Lipinski definition) is 7. The van der Waals surface area contributed by atoms with Crippen molar-refractivity contribution in [1.29, 1.82) is 0 Å². The van der Waals surface area contributed by atoms with Gasteiger partial charge in [0, 0.05) is 0 Å². The molecule has 0 aromatic heterocycles. The molecule has 0 spiro atoms. The minimum absolute atomic E-state index is 0.198. The molecule has 10 heteroatoms. The number of benzene rings is 3. The lowest BCUT2D eigenvalue weighted by Crippen LogP contribution is -2.32. The van der Waals surface area contributed by atoms with Gasteiger partial charge < -0.3 is 19.5 Å². The molecule has 2 N–H and O–H groups in total. The third-order valence-electron chi connectivity index (χ3n) is 4.42. The maximum atomic E-state index is 12.4. The molecule has 2 amide bonds. The molecule has 0 fully saturated rings. The van der Waals surface area contributed by atoms with Crippen LogP contribution in [0.1, 0.15) is 15.9 Å². The van der Waals surface area contributed by atoms with Crippen LogP contribution < -0.4 is 25.0 Å². The van der Waals surface area contributed by atoms with Gasteiger partial charge in [-0.1, -0.05) is 23.7 Å². The number of nitrogens with one attached hydrogen (secondary N) is 2. The summed E-state index contributed by atoms with van der Waals surface area (Å²) in [7, 11) is 2.95. The van der Waals surface area contributed by atoms with E-state index in [4.69, 9.17) is 25.8 Å². The first kappa shape index (κ1) is 24.3. The summed E-state index contributed by atoms with van der Waals surface area (Å²) in [5, 5.41) is 6.45. The Morgan fingerprint density at radius 2 is 1.62 bits per heavy atom.